The van der Waals surface area contributed by atoms with E-state index in [1.807, 2.05) is 152 Å². The van der Waals surface area contributed by atoms with Crippen LogP contribution in [0.5, 0.6) is 0 Å². The van der Waals surface area contributed by atoms with Gasteiger partial charge in [-0.05, 0) is 27.8 Å². The number of rotatable bonds is 17. The Labute approximate surface area is 311 Å². The van der Waals surface area contributed by atoms with Gasteiger partial charge >= 0.3 is 6.09 Å². The second-order valence-corrected chi connectivity index (χ2v) is 13.0. The fourth-order valence-electron chi connectivity index (χ4n) is 6.22. The first-order valence-electron chi connectivity index (χ1n) is 17.9. The maximum absolute atomic E-state index is 13.8. The maximum atomic E-state index is 13.8. The van der Waals surface area contributed by atoms with E-state index in [0.29, 0.717) is 6.61 Å². The summed E-state index contributed by atoms with van der Waals surface area (Å²) in [4.78, 5) is 15.3. The van der Waals surface area contributed by atoms with Crippen molar-refractivity contribution in [1.29, 1.82) is 0 Å². The van der Waals surface area contributed by atoms with Crippen LogP contribution in [0, 0.1) is 0 Å². The number of nitrogens with zero attached hydrogens (tertiary/aromatic N) is 1. The number of aliphatic hydroxyl groups excluding tert-OH is 1. The Balaban J connectivity index is 1.32. The molecule has 0 spiro atoms. The summed E-state index contributed by atoms with van der Waals surface area (Å²) < 4.78 is 38.3. The summed E-state index contributed by atoms with van der Waals surface area (Å²) >= 11 is 0. The summed E-state index contributed by atoms with van der Waals surface area (Å²) in [7, 11) is 1.66. The van der Waals surface area contributed by atoms with E-state index in [0.717, 1.165) is 27.8 Å². The standard InChI is InChI=1S/C44H47NO8/c1-45(44(47)52-31-37-25-15-6-16-26-37)38(32-48-27-33-17-7-2-8-18-33)40-42(50-29-35-21-11-4-12-22-35)41(49-28-34-19-9-3-10-20-34)39(46)43(53-40)51-30-36-23-13-5-14-24-36/h2-26,38-43,46H,27-32H2,1H3/t38-,39+,40+,41+,42+,43-/m0/s1. The lowest BCUT2D eigenvalue weighted by molar-refractivity contribution is -0.324. The number of hydrogen-bond donors (Lipinski definition) is 1. The average Bonchev–Trinajstić information content (AvgIpc) is 3.22. The number of hydrogen-bond acceptors (Lipinski definition) is 8. The van der Waals surface area contributed by atoms with Gasteiger partial charge in [0, 0.05) is 7.05 Å². The zero-order chi connectivity index (χ0) is 36.7. The summed E-state index contributed by atoms with van der Waals surface area (Å²) in [5, 5.41) is 11.9. The SMILES string of the molecule is CN(C(=O)OCc1ccccc1)[C@@H](COCc1ccccc1)[C@H]1O[C@H](OCc2ccccc2)[C@H](O)[C@@H](OCc2ccccc2)[C@@H]1OCc1ccccc1. The summed E-state index contributed by atoms with van der Waals surface area (Å²) in [6, 6.07) is 47.7. The van der Waals surface area contributed by atoms with Crippen LogP contribution in [0.1, 0.15) is 27.8 Å². The molecule has 1 heterocycles. The minimum atomic E-state index is -1.24. The van der Waals surface area contributed by atoms with Crippen LogP contribution >= 0.6 is 0 Å². The van der Waals surface area contributed by atoms with E-state index in [2.05, 4.69) is 0 Å². The molecule has 9 nitrogen and oxygen atoms in total. The predicted molar refractivity (Wildman–Crippen MR) is 200 cm³/mol. The predicted octanol–water partition coefficient (Wildman–Crippen LogP) is 7.31. The molecule has 0 aliphatic carbocycles. The van der Waals surface area contributed by atoms with Crippen molar-refractivity contribution in [3.63, 3.8) is 0 Å². The number of carbonyl (C=O) groups excluding carboxylic acids is 1. The van der Waals surface area contributed by atoms with Crippen LogP contribution in [0.4, 0.5) is 4.79 Å². The molecule has 5 aromatic carbocycles. The van der Waals surface area contributed by atoms with E-state index in [1.165, 1.54) is 4.90 Å². The van der Waals surface area contributed by atoms with E-state index in [9.17, 15) is 9.90 Å². The molecule has 0 unspecified atom stereocenters. The molecule has 6 rings (SSSR count). The number of amides is 1. The molecule has 1 fully saturated rings. The van der Waals surface area contributed by atoms with Gasteiger partial charge in [-0.25, -0.2) is 4.79 Å². The van der Waals surface area contributed by atoms with Crippen LogP contribution in [-0.2, 0) is 61.5 Å². The van der Waals surface area contributed by atoms with Crippen molar-refractivity contribution in [2.75, 3.05) is 13.7 Å². The molecule has 1 N–H and O–H groups in total. The highest BCUT2D eigenvalue weighted by Crippen LogP contribution is 2.32. The zero-order valence-corrected chi connectivity index (χ0v) is 29.9. The second-order valence-electron chi connectivity index (χ2n) is 13.0. The van der Waals surface area contributed by atoms with Crippen LogP contribution < -0.4 is 0 Å². The maximum Gasteiger partial charge on any atom is 0.410 e. The van der Waals surface area contributed by atoms with Crippen molar-refractivity contribution in [2.45, 2.75) is 69.8 Å². The zero-order valence-electron chi connectivity index (χ0n) is 29.9. The smallest absolute Gasteiger partial charge is 0.410 e. The molecular formula is C44H47NO8. The minimum Gasteiger partial charge on any atom is -0.445 e. The number of benzene rings is 5. The fourth-order valence-corrected chi connectivity index (χ4v) is 6.22. The highest BCUT2D eigenvalue weighted by molar-refractivity contribution is 5.67. The van der Waals surface area contributed by atoms with E-state index in [-0.39, 0.29) is 33.0 Å². The first-order valence-corrected chi connectivity index (χ1v) is 17.9. The topological polar surface area (TPSA) is 95.9 Å². The lowest BCUT2D eigenvalue weighted by Gasteiger charge is -2.48. The molecule has 0 bridgehead atoms. The summed E-state index contributed by atoms with van der Waals surface area (Å²) in [6.07, 6.45) is -5.58. The van der Waals surface area contributed by atoms with Crippen molar-refractivity contribution in [1.82, 2.24) is 4.90 Å². The van der Waals surface area contributed by atoms with Gasteiger partial charge in [0.25, 0.3) is 0 Å². The number of aliphatic hydroxyl groups is 1. The lowest BCUT2D eigenvalue weighted by atomic mass is 9.92. The van der Waals surface area contributed by atoms with Crippen LogP contribution in [0.2, 0.25) is 0 Å². The van der Waals surface area contributed by atoms with E-state index >= 15 is 0 Å². The van der Waals surface area contributed by atoms with Crippen LogP contribution in [-0.4, -0.2) is 66.5 Å². The summed E-state index contributed by atoms with van der Waals surface area (Å²) in [6.45, 7) is 1.05. The molecule has 0 aromatic heterocycles. The fraction of sp³-hybridized carbons (Fsp3) is 0.295. The molecule has 1 aliphatic rings. The van der Waals surface area contributed by atoms with Gasteiger partial charge in [-0.3, -0.25) is 0 Å². The highest BCUT2D eigenvalue weighted by atomic mass is 16.7. The molecule has 9 heteroatoms. The van der Waals surface area contributed by atoms with Gasteiger partial charge in [0.05, 0.1) is 39.1 Å². The highest BCUT2D eigenvalue weighted by Gasteiger charge is 2.51. The van der Waals surface area contributed by atoms with Crippen LogP contribution in [0.15, 0.2) is 152 Å². The van der Waals surface area contributed by atoms with Crippen molar-refractivity contribution in [3.8, 4) is 0 Å². The average molecular weight is 718 g/mol. The number of ether oxygens (including phenoxy) is 6. The van der Waals surface area contributed by atoms with Gasteiger partial charge in [0.2, 0.25) is 0 Å². The van der Waals surface area contributed by atoms with Crippen molar-refractivity contribution >= 4 is 6.09 Å². The molecule has 276 valence electrons. The summed E-state index contributed by atoms with van der Waals surface area (Å²) in [5.74, 6) is 0. The van der Waals surface area contributed by atoms with Gasteiger partial charge in [-0.15, -0.1) is 0 Å². The third kappa shape index (κ3) is 11.1. The Morgan fingerprint density at radius 1 is 0.585 bits per heavy atom. The Morgan fingerprint density at radius 3 is 1.45 bits per heavy atom. The van der Waals surface area contributed by atoms with E-state index < -0.39 is 42.8 Å². The van der Waals surface area contributed by atoms with Crippen molar-refractivity contribution in [3.05, 3.63) is 179 Å². The Bertz CT molecular complexity index is 1760. The van der Waals surface area contributed by atoms with Gasteiger partial charge in [-0.2, -0.15) is 0 Å². The quantitative estimate of drug-likeness (QED) is 0.107. The van der Waals surface area contributed by atoms with Gasteiger partial charge < -0.3 is 38.4 Å². The van der Waals surface area contributed by atoms with Crippen molar-refractivity contribution < 1.29 is 38.3 Å². The van der Waals surface area contributed by atoms with E-state index in [4.69, 9.17) is 28.4 Å². The first kappa shape index (κ1) is 37.9. The second kappa shape index (κ2) is 19.8. The van der Waals surface area contributed by atoms with Gasteiger partial charge in [0.1, 0.15) is 31.0 Å². The Kier molecular flexibility index (Phi) is 14.2. The minimum absolute atomic E-state index is 0.0641. The molecule has 5 aromatic rings. The normalized spacial score (nSPS) is 20.4. The molecule has 1 amide bonds. The largest absolute Gasteiger partial charge is 0.445 e. The Morgan fingerprint density at radius 2 is 0.981 bits per heavy atom. The first-order chi connectivity index (χ1) is 26.0. The summed E-state index contributed by atoms with van der Waals surface area (Å²) in [5.41, 5.74) is 4.60. The molecule has 1 saturated heterocycles. The van der Waals surface area contributed by atoms with Crippen LogP contribution in [0.25, 0.3) is 0 Å². The van der Waals surface area contributed by atoms with Crippen LogP contribution in [0.3, 0.4) is 0 Å². The monoisotopic (exact) mass is 717 g/mol. The van der Waals surface area contributed by atoms with Gasteiger partial charge in [-0.1, -0.05) is 152 Å². The van der Waals surface area contributed by atoms with Crippen molar-refractivity contribution in [2.24, 2.45) is 0 Å². The molecule has 0 radical (unpaired) electrons. The number of carbonyl (C=O) groups is 1. The van der Waals surface area contributed by atoms with Gasteiger partial charge in [0.15, 0.2) is 6.29 Å². The third-order valence-electron chi connectivity index (χ3n) is 9.15. The lowest BCUT2D eigenvalue weighted by Crippen LogP contribution is -2.66. The molecule has 0 saturated carbocycles. The molecule has 6 atom stereocenters. The molecular weight excluding hydrogens is 670 g/mol. The van der Waals surface area contributed by atoms with E-state index in [1.54, 1.807) is 7.05 Å². The Hall–Kier alpha value is -4.87. The molecule has 53 heavy (non-hydrogen) atoms. The molecule has 1 aliphatic heterocycles. The third-order valence-corrected chi connectivity index (χ3v) is 9.15. The number of likely N-dealkylation sites (N-methyl/N-ethyl adjacent to an activating group) is 1.